The van der Waals surface area contributed by atoms with Crippen molar-refractivity contribution < 1.29 is 9.84 Å². The first kappa shape index (κ1) is 28.4. The highest BCUT2D eigenvalue weighted by molar-refractivity contribution is 5.97. The van der Waals surface area contributed by atoms with Gasteiger partial charge in [0.15, 0.2) is 5.82 Å². The van der Waals surface area contributed by atoms with Crippen LogP contribution < -0.4 is 15.0 Å². The van der Waals surface area contributed by atoms with Crippen LogP contribution in [-0.4, -0.2) is 68.9 Å². The average molecular weight is 571 g/mol. The number of anilines is 2. The first-order valence-electron chi connectivity index (χ1n) is 14.9. The number of fused-ring (bicyclic) bond motifs is 2. The molecule has 3 N–H and O–H groups in total. The Bertz CT molecular complexity index is 1570. The van der Waals surface area contributed by atoms with Crippen LogP contribution in [0.1, 0.15) is 62.1 Å². The number of benzene rings is 2. The molecule has 1 aliphatic carbocycles. The fourth-order valence-electron chi connectivity index (χ4n) is 6.01. The van der Waals surface area contributed by atoms with E-state index in [0.717, 1.165) is 55.8 Å². The lowest BCUT2D eigenvalue weighted by atomic mass is 9.98. The standard InChI is InChI=1S/C32H42N8O2/c1-6-21-9-7-10-22-11-8-12-25(27(21)22)40-16-13-23-24(18-40)34-30(42-20-32(14-15-32)19-39(4)5)36-28(23)33-17-26-35-29(38-37-26)31(2,3)41/h7-12,41H,6,13-20H2,1-5H3,(H,33,34,36)(H,35,37,38). The molecule has 0 spiro atoms. The van der Waals surface area contributed by atoms with E-state index in [4.69, 9.17) is 14.7 Å². The normalized spacial score (nSPS) is 16.1. The summed E-state index contributed by atoms with van der Waals surface area (Å²) in [6.07, 6.45) is 4.10. The molecule has 0 radical (unpaired) electrons. The first-order chi connectivity index (χ1) is 20.1. The highest BCUT2D eigenvalue weighted by atomic mass is 16.5. The van der Waals surface area contributed by atoms with Gasteiger partial charge in [-0.15, -0.1) is 0 Å². The highest BCUT2D eigenvalue weighted by Gasteiger charge is 2.44. The summed E-state index contributed by atoms with van der Waals surface area (Å²) in [4.78, 5) is 19.0. The van der Waals surface area contributed by atoms with Gasteiger partial charge in [-0.1, -0.05) is 37.3 Å². The van der Waals surface area contributed by atoms with Gasteiger partial charge in [0, 0.05) is 35.1 Å². The Morgan fingerprint density at radius 2 is 1.90 bits per heavy atom. The quantitative estimate of drug-likeness (QED) is 0.241. The fourth-order valence-corrected chi connectivity index (χ4v) is 6.01. The van der Waals surface area contributed by atoms with Crippen molar-refractivity contribution in [3.63, 3.8) is 0 Å². The minimum absolute atomic E-state index is 0.176. The molecular weight excluding hydrogens is 528 g/mol. The molecule has 3 heterocycles. The Morgan fingerprint density at radius 3 is 2.60 bits per heavy atom. The second-order valence-corrected chi connectivity index (χ2v) is 12.6. The third kappa shape index (κ3) is 5.91. The summed E-state index contributed by atoms with van der Waals surface area (Å²) in [5.41, 5.74) is 3.75. The molecule has 2 aliphatic rings. The van der Waals surface area contributed by atoms with Gasteiger partial charge < -0.3 is 25.0 Å². The number of hydrogen-bond acceptors (Lipinski definition) is 9. The largest absolute Gasteiger partial charge is 0.463 e. The molecular formula is C32H42N8O2. The molecule has 10 nitrogen and oxygen atoms in total. The average Bonchev–Trinajstić information content (AvgIpc) is 3.54. The molecule has 4 aromatic rings. The van der Waals surface area contributed by atoms with Crippen molar-refractivity contribution >= 4 is 22.3 Å². The van der Waals surface area contributed by atoms with Crippen LogP contribution in [0.4, 0.5) is 11.5 Å². The van der Waals surface area contributed by atoms with E-state index in [1.54, 1.807) is 13.8 Å². The Morgan fingerprint density at radius 1 is 1.12 bits per heavy atom. The number of nitrogens with one attached hydrogen (secondary N) is 2. The summed E-state index contributed by atoms with van der Waals surface area (Å²) in [7, 11) is 4.21. The number of aromatic amines is 1. The van der Waals surface area contributed by atoms with Crippen LogP contribution >= 0.6 is 0 Å². The number of rotatable bonds is 11. The third-order valence-electron chi connectivity index (χ3n) is 8.35. The van der Waals surface area contributed by atoms with Crippen molar-refractivity contribution in [1.29, 1.82) is 0 Å². The van der Waals surface area contributed by atoms with Gasteiger partial charge in [-0.3, -0.25) is 5.10 Å². The zero-order valence-corrected chi connectivity index (χ0v) is 25.4. The Kier molecular flexibility index (Phi) is 7.53. The predicted octanol–water partition coefficient (Wildman–Crippen LogP) is 4.43. The number of aliphatic hydroxyl groups is 1. The number of nitrogens with zero attached hydrogens (tertiary/aromatic N) is 6. The van der Waals surface area contributed by atoms with Crippen LogP contribution in [0.5, 0.6) is 6.01 Å². The SMILES string of the molecule is CCc1cccc2cccc(N3CCc4c(nc(OCC5(CN(C)C)CC5)nc4NCc4nc(C(C)(C)O)n[nH]4)C3)c12. The molecule has 42 heavy (non-hydrogen) atoms. The van der Waals surface area contributed by atoms with Crippen LogP contribution in [-0.2, 0) is 31.5 Å². The van der Waals surface area contributed by atoms with E-state index in [1.807, 2.05) is 0 Å². The number of H-pyrrole nitrogens is 1. The summed E-state index contributed by atoms with van der Waals surface area (Å²) in [6.45, 7) is 9.09. The Labute approximate surface area is 247 Å². The van der Waals surface area contributed by atoms with Crippen molar-refractivity contribution in [2.75, 3.05) is 44.0 Å². The number of aromatic nitrogens is 5. The zero-order chi connectivity index (χ0) is 29.5. The maximum absolute atomic E-state index is 10.3. The van der Waals surface area contributed by atoms with Crippen molar-refractivity contribution in [3.05, 3.63) is 64.9 Å². The maximum atomic E-state index is 10.3. The van der Waals surface area contributed by atoms with Crippen LogP contribution in [0.25, 0.3) is 10.8 Å². The van der Waals surface area contributed by atoms with Gasteiger partial charge in [0.05, 0.1) is 25.4 Å². The van der Waals surface area contributed by atoms with Crippen LogP contribution in [0.2, 0.25) is 0 Å². The Balaban J connectivity index is 1.30. The minimum Gasteiger partial charge on any atom is -0.463 e. The zero-order valence-electron chi connectivity index (χ0n) is 25.4. The van der Waals surface area contributed by atoms with E-state index in [1.165, 1.54) is 22.0 Å². The van der Waals surface area contributed by atoms with Gasteiger partial charge in [0.25, 0.3) is 0 Å². The molecule has 0 atom stereocenters. The second-order valence-electron chi connectivity index (χ2n) is 12.6. The molecule has 1 saturated carbocycles. The van der Waals surface area contributed by atoms with E-state index in [2.05, 4.69) is 87.7 Å². The van der Waals surface area contributed by atoms with Gasteiger partial charge in [-0.2, -0.15) is 15.1 Å². The molecule has 1 aliphatic heterocycles. The number of aryl methyl sites for hydroxylation is 1. The Hall–Kier alpha value is -3.76. The predicted molar refractivity (Wildman–Crippen MR) is 165 cm³/mol. The van der Waals surface area contributed by atoms with E-state index in [-0.39, 0.29) is 5.41 Å². The lowest BCUT2D eigenvalue weighted by Crippen LogP contribution is -2.33. The van der Waals surface area contributed by atoms with Gasteiger partial charge in [0.2, 0.25) is 0 Å². The molecule has 222 valence electrons. The lowest BCUT2D eigenvalue weighted by molar-refractivity contribution is 0.0690. The minimum atomic E-state index is -1.11. The molecule has 2 aromatic heterocycles. The van der Waals surface area contributed by atoms with Crippen molar-refractivity contribution in [3.8, 4) is 6.01 Å². The van der Waals surface area contributed by atoms with E-state index >= 15 is 0 Å². The van der Waals surface area contributed by atoms with Crippen molar-refractivity contribution in [2.24, 2.45) is 5.41 Å². The summed E-state index contributed by atoms with van der Waals surface area (Å²) >= 11 is 0. The van der Waals surface area contributed by atoms with Crippen LogP contribution in [0.15, 0.2) is 36.4 Å². The molecule has 10 heteroatoms. The molecule has 0 amide bonds. The summed E-state index contributed by atoms with van der Waals surface area (Å²) in [5, 5.41) is 23.4. The monoisotopic (exact) mass is 570 g/mol. The van der Waals surface area contributed by atoms with Crippen LogP contribution in [0.3, 0.4) is 0 Å². The lowest BCUT2D eigenvalue weighted by Gasteiger charge is -2.32. The third-order valence-corrected chi connectivity index (χ3v) is 8.35. The van der Waals surface area contributed by atoms with Gasteiger partial charge in [-0.05, 0) is 70.6 Å². The van der Waals surface area contributed by atoms with Gasteiger partial charge in [0.1, 0.15) is 17.2 Å². The molecule has 6 rings (SSSR count). The van der Waals surface area contributed by atoms with E-state index < -0.39 is 5.60 Å². The molecule has 0 unspecified atom stereocenters. The topological polar surface area (TPSA) is 115 Å². The molecule has 0 bridgehead atoms. The number of hydrogen-bond donors (Lipinski definition) is 3. The maximum Gasteiger partial charge on any atom is 0.318 e. The molecule has 2 aromatic carbocycles. The summed E-state index contributed by atoms with van der Waals surface area (Å²) < 4.78 is 6.31. The molecule has 0 saturated heterocycles. The van der Waals surface area contributed by atoms with Gasteiger partial charge >= 0.3 is 6.01 Å². The molecule has 1 fully saturated rings. The van der Waals surface area contributed by atoms with Crippen molar-refractivity contribution in [2.45, 2.75) is 65.1 Å². The van der Waals surface area contributed by atoms with Crippen molar-refractivity contribution in [1.82, 2.24) is 30.0 Å². The smallest absolute Gasteiger partial charge is 0.318 e. The summed E-state index contributed by atoms with van der Waals surface area (Å²) in [6, 6.07) is 13.5. The second kappa shape index (κ2) is 11.1. The first-order valence-corrected chi connectivity index (χ1v) is 14.9. The van der Waals surface area contributed by atoms with Crippen LogP contribution in [0, 0.1) is 5.41 Å². The van der Waals surface area contributed by atoms with Gasteiger partial charge in [-0.25, -0.2) is 4.98 Å². The summed E-state index contributed by atoms with van der Waals surface area (Å²) in [5.74, 6) is 1.76. The highest BCUT2D eigenvalue weighted by Crippen LogP contribution is 2.46. The van der Waals surface area contributed by atoms with E-state index in [0.29, 0.717) is 37.4 Å². The number of ether oxygens (including phenoxy) is 1. The van der Waals surface area contributed by atoms with E-state index in [9.17, 15) is 5.11 Å². The fraction of sp³-hybridized carbons (Fsp3) is 0.500.